The topological polar surface area (TPSA) is 37.4 Å². The van der Waals surface area contributed by atoms with Gasteiger partial charge in [-0.3, -0.25) is 0 Å². The summed E-state index contributed by atoms with van der Waals surface area (Å²) in [6, 6.07) is 7.27. The number of methoxy groups -OCH3 is 1. The monoisotopic (exact) mass is 247 g/mol. The molecule has 0 radical (unpaired) electrons. The van der Waals surface area contributed by atoms with Crippen molar-refractivity contribution in [3.8, 4) is 5.88 Å². The maximum Gasteiger partial charge on any atom is 0.214 e. The Labute approximate surface area is 108 Å². The van der Waals surface area contributed by atoms with Crippen LogP contribution in [0.2, 0.25) is 0 Å². The molecule has 1 N–H and O–H groups in total. The summed E-state index contributed by atoms with van der Waals surface area (Å²) in [7, 11) is 1.67. The lowest BCUT2D eigenvalue weighted by atomic mass is 10.0. The molecule has 1 aromatic heterocycles. The molecule has 2 aliphatic rings. The summed E-state index contributed by atoms with van der Waals surface area (Å²) in [5.41, 5.74) is 0. The highest BCUT2D eigenvalue weighted by molar-refractivity contribution is 5.43. The highest BCUT2D eigenvalue weighted by Crippen LogP contribution is 2.29. The van der Waals surface area contributed by atoms with Crippen LogP contribution in [-0.2, 0) is 0 Å². The fraction of sp³-hybridized carbons (Fsp3) is 0.643. The average Bonchev–Trinajstić information content (AvgIpc) is 3.09. The van der Waals surface area contributed by atoms with Crippen LogP contribution in [0.4, 0.5) is 5.82 Å². The van der Waals surface area contributed by atoms with Gasteiger partial charge < -0.3 is 15.0 Å². The van der Waals surface area contributed by atoms with Crippen LogP contribution in [0.15, 0.2) is 18.2 Å². The Morgan fingerprint density at radius 2 is 2.28 bits per heavy atom. The third kappa shape index (κ3) is 2.17. The van der Waals surface area contributed by atoms with Crippen molar-refractivity contribution in [1.29, 1.82) is 0 Å². The predicted molar refractivity (Wildman–Crippen MR) is 72.2 cm³/mol. The minimum atomic E-state index is 0.604. The molecule has 3 rings (SSSR count). The van der Waals surface area contributed by atoms with Crippen molar-refractivity contribution in [3.05, 3.63) is 18.2 Å². The minimum absolute atomic E-state index is 0.604. The summed E-state index contributed by atoms with van der Waals surface area (Å²) in [5, 5.41) is 3.63. The molecule has 0 amide bonds. The second kappa shape index (κ2) is 5.14. The van der Waals surface area contributed by atoms with Crippen molar-refractivity contribution in [2.75, 3.05) is 25.1 Å². The Morgan fingerprint density at radius 3 is 3.06 bits per heavy atom. The zero-order chi connectivity index (χ0) is 12.4. The maximum atomic E-state index is 5.22. The van der Waals surface area contributed by atoms with Gasteiger partial charge in [0.2, 0.25) is 5.88 Å². The van der Waals surface area contributed by atoms with Crippen LogP contribution in [0.3, 0.4) is 0 Å². The van der Waals surface area contributed by atoms with E-state index in [9.17, 15) is 0 Å². The zero-order valence-corrected chi connectivity index (χ0v) is 10.9. The summed E-state index contributed by atoms with van der Waals surface area (Å²) in [6.45, 7) is 2.28. The molecule has 4 heteroatoms. The molecule has 4 nitrogen and oxygen atoms in total. The lowest BCUT2D eigenvalue weighted by Crippen LogP contribution is -2.44. The first-order valence-electron chi connectivity index (χ1n) is 6.89. The van der Waals surface area contributed by atoms with Crippen molar-refractivity contribution in [2.45, 2.75) is 37.8 Å². The summed E-state index contributed by atoms with van der Waals surface area (Å²) in [4.78, 5) is 7.02. The second-order valence-electron chi connectivity index (χ2n) is 5.14. The lowest BCUT2D eigenvalue weighted by Gasteiger charge is -2.30. The summed E-state index contributed by atoms with van der Waals surface area (Å²) < 4.78 is 5.22. The fourth-order valence-corrected chi connectivity index (χ4v) is 3.21. The number of nitrogens with one attached hydrogen (secondary N) is 1. The molecule has 2 unspecified atom stereocenters. The predicted octanol–water partition coefficient (Wildman–Crippen LogP) is 1.81. The molecule has 0 bridgehead atoms. The zero-order valence-electron chi connectivity index (χ0n) is 10.9. The quantitative estimate of drug-likeness (QED) is 0.884. The molecule has 2 aliphatic heterocycles. The van der Waals surface area contributed by atoms with Gasteiger partial charge >= 0.3 is 0 Å². The molecule has 3 heterocycles. The molecule has 98 valence electrons. The first-order chi connectivity index (χ1) is 8.88. The number of pyridine rings is 1. The molecule has 2 saturated heterocycles. The Bertz CT molecular complexity index is 404. The molecular formula is C14H21N3O. The Balaban J connectivity index is 1.80. The molecule has 0 saturated carbocycles. The highest BCUT2D eigenvalue weighted by atomic mass is 16.5. The fourth-order valence-electron chi connectivity index (χ4n) is 3.21. The van der Waals surface area contributed by atoms with E-state index in [1.807, 2.05) is 12.1 Å². The van der Waals surface area contributed by atoms with Crippen molar-refractivity contribution >= 4 is 5.82 Å². The smallest absolute Gasteiger partial charge is 0.214 e. The number of hydrogen-bond acceptors (Lipinski definition) is 4. The van der Waals surface area contributed by atoms with Gasteiger partial charge in [0.05, 0.1) is 7.11 Å². The van der Waals surface area contributed by atoms with E-state index < -0.39 is 0 Å². The van der Waals surface area contributed by atoms with Crippen molar-refractivity contribution in [1.82, 2.24) is 10.3 Å². The van der Waals surface area contributed by atoms with Gasteiger partial charge in [0.25, 0.3) is 0 Å². The number of aromatic nitrogens is 1. The number of rotatable bonds is 3. The van der Waals surface area contributed by atoms with Crippen LogP contribution in [-0.4, -0.2) is 37.3 Å². The summed E-state index contributed by atoms with van der Waals surface area (Å²) in [6.07, 6.45) is 5.14. The first-order valence-corrected chi connectivity index (χ1v) is 6.89. The molecule has 2 atom stereocenters. The third-order valence-corrected chi connectivity index (χ3v) is 4.07. The van der Waals surface area contributed by atoms with E-state index in [-0.39, 0.29) is 0 Å². The molecule has 0 aliphatic carbocycles. The van der Waals surface area contributed by atoms with Crippen LogP contribution in [0.5, 0.6) is 5.88 Å². The third-order valence-electron chi connectivity index (χ3n) is 4.07. The molecule has 1 aromatic rings. The number of nitrogens with zero attached hydrogens (tertiary/aromatic N) is 2. The largest absolute Gasteiger partial charge is 0.481 e. The SMILES string of the molecule is COc1cccc(N2CCCC2C2CCCN2)n1. The van der Waals surface area contributed by atoms with Gasteiger partial charge in [-0.05, 0) is 38.3 Å². The summed E-state index contributed by atoms with van der Waals surface area (Å²) in [5.74, 6) is 1.77. The van der Waals surface area contributed by atoms with Gasteiger partial charge in [-0.25, -0.2) is 0 Å². The number of hydrogen-bond donors (Lipinski definition) is 1. The molecule has 0 spiro atoms. The van der Waals surface area contributed by atoms with Crippen molar-refractivity contribution in [2.24, 2.45) is 0 Å². The molecule has 18 heavy (non-hydrogen) atoms. The lowest BCUT2D eigenvalue weighted by molar-refractivity contribution is 0.397. The Hall–Kier alpha value is -1.29. The molecular weight excluding hydrogens is 226 g/mol. The van der Waals surface area contributed by atoms with Gasteiger partial charge in [-0.2, -0.15) is 4.98 Å². The van der Waals surface area contributed by atoms with Crippen LogP contribution >= 0.6 is 0 Å². The Morgan fingerprint density at radius 1 is 1.33 bits per heavy atom. The normalized spacial score (nSPS) is 27.7. The van der Waals surface area contributed by atoms with Crippen LogP contribution < -0.4 is 15.0 Å². The van der Waals surface area contributed by atoms with E-state index in [1.165, 1.54) is 32.2 Å². The second-order valence-corrected chi connectivity index (χ2v) is 5.14. The van der Waals surface area contributed by atoms with E-state index >= 15 is 0 Å². The summed E-state index contributed by atoms with van der Waals surface area (Å²) >= 11 is 0. The van der Waals surface area contributed by atoms with Gasteiger partial charge in [0, 0.05) is 24.7 Å². The van der Waals surface area contributed by atoms with Crippen molar-refractivity contribution < 1.29 is 4.74 Å². The molecule has 2 fully saturated rings. The maximum absolute atomic E-state index is 5.22. The number of anilines is 1. The van der Waals surface area contributed by atoms with Gasteiger partial charge in [-0.1, -0.05) is 6.07 Å². The highest BCUT2D eigenvalue weighted by Gasteiger charge is 2.33. The van der Waals surface area contributed by atoms with E-state index in [1.54, 1.807) is 7.11 Å². The molecule has 0 aromatic carbocycles. The minimum Gasteiger partial charge on any atom is -0.481 e. The Kier molecular flexibility index (Phi) is 3.37. The average molecular weight is 247 g/mol. The first kappa shape index (κ1) is 11.8. The van der Waals surface area contributed by atoms with E-state index in [0.29, 0.717) is 18.0 Å². The number of ether oxygens (including phenoxy) is 1. The van der Waals surface area contributed by atoms with E-state index in [2.05, 4.69) is 21.3 Å². The van der Waals surface area contributed by atoms with Crippen molar-refractivity contribution in [3.63, 3.8) is 0 Å². The van der Waals surface area contributed by atoms with Gasteiger partial charge in [0.1, 0.15) is 5.82 Å². The van der Waals surface area contributed by atoms with E-state index in [0.717, 1.165) is 12.4 Å². The van der Waals surface area contributed by atoms with Gasteiger partial charge in [0.15, 0.2) is 0 Å². The van der Waals surface area contributed by atoms with Crippen LogP contribution in [0.25, 0.3) is 0 Å². The van der Waals surface area contributed by atoms with E-state index in [4.69, 9.17) is 4.74 Å². The van der Waals surface area contributed by atoms with Crippen LogP contribution in [0.1, 0.15) is 25.7 Å². The van der Waals surface area contributed by atoms with Crippen LogP contribution in [0, 0.1) is 0 Å². The standard InChI is InChI=1S/C14H21N3O/c1-18-14-8-2-7-13(16-14)17-10-4-6-12(17)11-5-3-9-15-11/h2,7-8,11-12,15H,3-6,9-10H2,1H3. The van der Waals surface area contributed by atoms with Gasteiger partial charge in [-0.15, -0.1) is 0 Å².